The molecular weight excluding hydrogens is 276 g/mol. The van der Waals surface area contributed by atoms with Gasteiger partial charge in [-0.1, -0.05) is 56.7 Å². The van der Waals surface area contributed by atoms with Gasteiger partial charge in [0.2, 0.25) is 0 Å². The third-order valence-electron chi connectivity index (χ3n) is 4.12. The summed E-state index contributed by atoms with van der Waals surface area (Å²) in [5, 5.41) is 0. The molecule has 1 heterocycles. The molecule has 0 fully saturated rings. The summed E-state index contributed by atoms with van der Waals surface area (Å²) in [4.78, 5) is 12.7. The van der Waals surface area contributed by atoms with Crippen molar-refractivity contribution in [1.29, 1.82) is 0 Å². The average molecular weight is 296 g/mol. The third kappa shape index (κ3) is 2.71. The van der Waals surface area contributed by atoms with Crippen molar-refractivity contribution < 1.29 is 14.3 Å². The van der Waals surface area contributed by atoms with E-state index in [2.05, 4.69) is 13.8 Å². The monoisotopic (exact) mass is 296 g/mol. The number of carbonyl (C=O) groups is 1. The molecule has 3 nitrogen and oxygen atoms in total. The molecule has 0 aromatic heterocycles. The fraction of sp³-hybridized carbons (Fsp3) is 0.316. The van der Waals surface area contributed by atoms with Gasteiger partial charge in [-0.2, -0.15) is 0 Å². The molecule has 2 aromatic carbocycles. The lowest BCUT2D eigenvalue weighted by Crippen LogP contribution is -2.23. The number of hydrogen-bond donors (Lipinski definition) is 0. The van der Waals surface area contributed by atoms with Gasteiger partial charge in [-0.05, 0) is 18.1 Å². The highest BCUT2D eigenvalue weighted by molar-refractivity contribution is 5.85. The molecule has 0 aliphatic carbocycles. The molecule has 0 saturated heterocycles. The molecule has 0 bridgehead atoms. The van der Waals surface area contributed by atoms with Gasteiger partial charge in [0, 0.05) is 11.1 Å². The van der Waals surface area contributed by atoms with Gasteiger partial charge in [-0.15, -0.1) is 0 Å². The summed E-state index contributed by atoms with van der Waals surface area (Å²) < 4.78 is 11.5. The summed E-state index contributed by atoms with van der Waals surface area (Å²) in [5.41, 5.74) is 1.74. The van der Waals surface area contributed by atoms with Crippen LogP contribution in [0.15, 0.2) is 48.5 Å². The highest BCUT2D eigenvalue weighted by Gasteiger charge is 2.33. The van der Waals surface area contributed by atoms with Gasteiger partial charge in [0.1, 0.15) is 17.4 Å². The van der Waals surface area contributed by atoms with Crippen LogP contribution in [0.25, 0.3) is 0 Å². The molecule has 0 saturated carbocycles. The van der Waals surface area contributed by atoms with Crippen LogP contribution in [0, 0.1) is 5.92 Å². The number of carbonyl (C=O) groups excluding carboxylic acids is 1. The lowest BCUT2D eigenvalue weighted by molar-refractivity contribution is -0.145. The first-order chi connectivity index (χ1) is 10.7. The van der Waals surface area contributed by atoms with Gasteiger partial charge in [-0.3, -0.25) is 4.79 Å². The summed E-state index contributed by atoms with van der Waals surface area (Å²) in [6.07, 6.45) is 0.994. The van der Waals surface area contributed by atoms with Crippen LogP contribution in [0.3, 0.4) is 0 Å². The average Bonchev–Trinajstić information content (AvgIpc) is 2.57. The molecule has 0 spiro atoms. The Labute approximate surface area is 130 Å². The number of benzene rings is 2. The van der Waals surface area contributed by atoms with Crippen molar-refractivity contribution in [3.8, 4) is 11.5 Å². The van der Waals surface area contributed by atoms with E-state index in [1.807, 2.05) is 48.5 Å². The van der Waals surface area contributed by atoms with E-state index in [-0.39, 0.29) is 5.97 Å². The summed E-state index contributed by atoms with van der Waals surface area (Å²) >= 11 is 0. The number of esters is 1. The molecule has 1 aliphatic rings. The topological polar surface area (TPSA) is 35.5 Å². The Morgan fingerprint density at radius 2 is 1.64 bits per heavy atom. The van der Waals surface area contributed by atoms with Crippen LogP contribution < -0.4 is 4.74 Å². The highest BCUT2D eigenvalue weighted by atomic mass is 16.5. The van der Waals surface area contributed by atoms with Crippen LogP contribution in [0.1, 0.15) is 37.3 Å². The highest BCUT2D eigenvalue weighted by Crippen LogP contribution is 2.44. The minimum atomic E-state index is -0.412. The second-order valence-electron chi connectivity index (χ2n) is 5.75. The Balaban J connectivity index is 1.94. The van der Waals surface area contributed by atoms with Crippen LogP contribution in [-0.2, 0) is 9.53 Å². The van der Waals surface area contributed by atoms with Gasteiger partial charge < -0.3 is 9.47 Å². The lowest BCUT2D eigenvalue weighted by Gasteiger charge is -2.27. The molecule has 3 rings (SSSR count). The van der Waals surface area contributed by atoms with E-state index in [0.29, 0.717) is 12.5 Å². The summed E-state index contributed by atoms with van der Waals surface area (Å²) in [6, 6.07) is 15.3. The van der Waals surface area contributed by atoms with E-state index >= 15 is 0 Å². The Kier molecular flexibility index (Phi) is 4.14. The minimum absolute atomic E-state index is 0.205. The molecular formula is C19H20O3. The Morgan fingerprint density at radius 1 is 1.09 bits per heavy atom. The van der Waals surface area contributed by atoms with E-state index in [1.54, 1.807) is 0 Å². The second kappa shape index (κ2) is 6.22. The Hall–Kier alpha value is -2.29. The van der Waals surface area contributed by atoms with Crippen LogP contribution in [-0.4, -0.2) is 12.6 Å². The maximum absolute atomic E-state index is 12.7. The number of para-hydroxylation sites is 2. The largest absolute Gasteiger partial charge is 0.465 e. The van der Waals surface area contributed by atoms with E-state index in [9.17, 15) is 4.79 Å². The standard InChI is InChI=1S/C19H20O3/c1-3-13(2)12-21-19(20)18-14-8-4-6-10-16(14)22-17-11-7-5-9-15(17)18/h4-11,13,18H,3,12H2,1-2H3/t13-/m1/s1. The van der Waals surface area contributed by atoms with Crippen LogP contribution in [0.2, 0.25) is 0 Å². The van der Waals surface area contributed by atoms with Crippen LogP contribution >= 0.6 is 0 Å². The fourth-order valence-electron chi connectivity index (χ4n) is 2.59. The van der Waals surface area contributed by atoms with Crippen molar-refractivity contribution in [2.45, 2.75) is 26.2 Å². The van der Waals surface area contributed by atoms with Crippen molar-refractivity contribution >= 4 is 5.97 Å². The molecule has 2 aromatic rings. The van der Waals surface area contributed by atoms with Crippen LogP contribution in [0.5, 0.6) is 11.5 Å². The molecule has 0 radical (unpaired) electrons. The first-order valence-electron chi connectivity index (χ1n) is 7.73. The van der Waals surface area contributed by atoms with Gasteiger partial charge in [0.25, 0.3) is 0 Å². The van der Waals surface area contributed by atoms with Gasteiger partial charge in [0.15, 0.2) is 0 Å². The van der Waals surface area contributed by atoms with Gasteiger partial charge in [-0.25, -0.2) is 0 Å². The maximum atomic E-state index is 12.7. The summed E-state index contributed by atoms with van der Waals surface area (Å²) in [7, 11) is 0. The Morgan fingerprint density at radius 3 is 2.18 bits per heavy atom. The number of hydrogen-bond acceptors (Lipinski definition) is 3. The lowest BCUT2D eigenvalue weighted by atomic mass is 9.88. The SMILES string of the molecule is CC[C@@H](C)COC(=O)C1c2ccccc2Oc2ccccc21. The van der Waals surface area contributed by atoms with Gasteiger partial charge >= 0.3 is 5.97 Å². The predicted molar refractivity (Wildman–Crippen MR) is 85.2 cm³/mol. The zero-order valence-electron chi connectivity index (χ0n) is 12.9. The molecule has 3 heteroatoms. The maximum Gasteiger partial charge on any atom is 0.318 e. The van der Waals surface area contributed by atoms with E-state index in [1.165, 1.54) is 0 Å². The van der Waals surface area contributed by atoms with Gasteiger partial charge in [0.05, 0.1) is 6.61 Å². The first-order valence-corrected chi connectivity index (χ1v) is 7.73. The zero-order chi connectivity index (χ0) is 15.5. The second-order valence-corrected chi connectivity index (χ2v) is 5.75. The summed E-state index contributed by atoms with van der Waals surface area (Å²) in [5.74, 6) is 1.21. The Bertz CT molecular complexity index is 632. The van der Waals surface area contributed by atoms with Crippen molar-refractivity contribution in [3.05, 3.63) is 59.7 Å². The zero-order valence-corrected chi connectivity index (χ0v) is 12.9. The molecule has 0 unspecified atom stereocenters. The minimum Gasteiger partial charge on any atom is -0.465 e. The van der Waals surface area contributed by atoms with Crippen LogP contribution in [0.4, 0.5) is 0 Å². The molecule has 22 heavy (non-hydrogen) atoms. The number of ether oxygens (including phenoxy) is 2. The van der Waals surface area contributed by atoms with E-state index in [4.69, 9.17) is 9.47 Å². The fourth-order valence-corrected chi connectivity index (χ4v) is 2.59. The molecule has 1 atom stereocenters. The predicted octanol–water partition coefficient (Wildman–Crippen LogP) is 4.51. The molecule has 1 aliphatic heterocycles. The van der Waals surface area contributed by atoms with Crippen molar-refractivity contribution in [2.75, 3.05) is 6.61 Å². The van der Waals surface area contributed by atoms with Crippen molar-refractivity contribution in [1.82, 2.24) is 0 Å². The van der Waals surface area contributed by atoms with Crippen molar-refractivity contribution in [2.24, 2.45) is 5.92 Å². The number of fused-ring (bicyclic) bond motifs is 2. The summed E-state index contributed by atoms with van der Waals surface area (Å²) in [6.45, 7) is 4.63. The normalized spacial score (nSPS) is 14.5. The van der Waals surface area contributed by atoms with E-state index in [0.717, 1.165) is 29.0 Å². The quantitative estimate of drug-likeness (QED) is 0.778. The number of rotatable bonds is 4. The van der Waals surface area contributed by atoms with E-state index < -0.39 is 5.92 Å². The first kappa shape index (κ1) is 14.6. The third-order valence-corrected chi connectivity index (χ3v) is 4.12. The smallest absolute Gasteiger partial charge is 0.318 e. The molecule has 0 N–H and O–H groups in total. The molecule has 0 amide bonds. The van der Waals surface area contributed by atoms with Crippen molar-refractivity contribution in [3.63, 3.8) is 0 Å². The molecule has 114 valence electrons.